The lowest BCUT2D eigenvalue weighted by atomic mass is 10.1. The van der Waals surface area contributed by atoms with E-state index in [4.69, 9.17) is 14.5 Å². The maximum Gasteiger partial charge on any atom is 0.293 e. The van der Waals surface area contributed by atoms with Crippen molar-refractivity contribution >= 4 is 45.0 Å². The molecule has 2 aliphatic heterocycles. The van der Waals surface area contributed by atoms with Gasteiger partial charge in [0.2, 0.25) is 5.78 Å². The summed E-state index contributed by atoms with van der Waals surface area (Å²) in [7, 11) is 0. The van der Waals surface area contributed by atoms with Gasteiger partial charge in [0, 0.05) is 37.8 Å². The number of nitro groups is 1. The maximum absolute atomic E-state index is 13.6. The van der Waals surface area contributed by atoms with Gasteiger partial charge in [0.1, 0.15) is 16.3 Å². The van der Waals surface area contributed by atoms with Gasteiger partial charge in [-0.2, -0.15) is 0 Å². The number of thiazole rings is 1. The first-order valence-electron chi connectivity index (χ1n) is 10.6. The summed E-state index contributed by atoms with van der Waals surface area (Å²) in [5.41, 5.74) is 1.35. The van der Waals surface area contributed by atoms with Crippen LogP contribution in [-0.4, -0.2) is 68.3 Å². The highest BCUT2D eigenvalue weighted by Crippen LogP contribution is 2.38. The molecule has 0 radical (unpaired) electrons. The van der Waals surface area contributed by atoms with Crippen LogP contribution in [0, 0.1) is 10.1 Å². The number of thiophene rings is 1. The van der Waals surface area contributed by atoms with Crippen LogP contribution < -0.4 is 9.80 Å². The van der Waals surface area contributed by atoms with Crippen LogP contribution in [0.4, 0.5) is 16.5 Å². The van der Waals surface area contributed by atoms with Crippen molar-refractivity contribution in [2.75, 3.05) is 62.4 Å². The number of aromatic nitrogens is 1. The van der Waals surface area contributed by atoms with E-state index in [0.717, 1.165) is 10.0 Å². The number of nitrogens with zero attached hydrogens (tertiary/aromatic N) is 4. The van der Waals surface area contributed by atoms with Crippen LogP contribution in [0.5, 0.6) is 0 Å². The number of carbonyl (C=O) groups is 1. The number of benzene rings is 1. The Morgan fingerprint density at radius 3 is 2.36 bits per heavy atom. The van der Waals surface area contributed by atoms with Crippen LogP contribution >= 0.6 is 22.7 Å². The fourth-order valence-corrected chi connectivity index (χ4v) is 5.83. The third-order valence-corrected chi connectivity index (χ3v) is 7.64. The molecule has 2 fully saturated rings. The molecule has 0 saturated carbocycles. The van der Waals surface area contributed by atoms with Crippen LogP contribution in [-0.2, 0) is 9.47 Å². The van der Waals surface area contributed by atoms with Crippen molar-refractivity contribution in [3.8, 4) is 10.6 Å². The van der Waals surface area contributed by atoms with Crippen LogP contribution in [0.1, 0.15) is 15.2 Å². The van der Waals surface area contributed by atoms with Crippen LogP contribution in [0.15, 0.2) is 35.7 Å². The van der Waals surface area contributed by atoms with E-state index in [1.54, 1.807) is 12.1 Å². The lowest BCUT2D eigenvalue weighted by molar-refractivity contribution is -0.384. The largest absolute Gasteiger partial charge is 0.378 e. The average molecular weight is 487 g/mol. The molecule has 9 nitrogen and oxygen atoms in total. The van der Waals surface area contributed by atoms with Gasteiger partial charge in [-0.15, -0.1) is 11.3 Å². The second kappa shape index (κ2) is 9.56. The summed E-state index contributed by atoms with van der Waals surface area (Å²) in [6.45, 7) is 4.86. The highest BCUT2D eigenvalue weighted by molar-refractivity contribution is 7.19. The fraction of sp³-hybridized carbons (Fsp3) is 0.364. The zero-order valence-corrected chi connectivity index (χ0v) is 19.4. The molecule has 0 amide bonds. The third kappa shape index (κ3) is 4.49. The zero-order chi connectivity index (χ0) is 22.8. The van der Waals surface area contributed by atoms with Crippen LogP contribution in [0.25, 0.3) is 10.6 Å². The average Bonchev–Trinajstić information content (AvgIpc) is 3.54. The smallest absolute Gasteiger partial charge is 0.293 e. The molecule has 2 aliphatic rings. The Kier molecular flexibility index (Phi) is 6.36. The van der Waals surface area contributed by atoms with E-state index in [2.05, 4.69) is 4.90 Å². The minimum atomic E-state index is -0.423. The monoisotopic (exact) mass is 486 g/mol. The Bertz CT molecular complexity index is 1150. The Labute approximate surface area is 198 Å². The maximum atomic E-state index is 13.6. The molecular weight excluding hydrogens is 464 g/mol. The Morgan fingerprint density at radius 2 is 1.73 bits per heavy atom. The summed E-state index contributed by atoms with van der Waals surface area (Å²) in [6.07, 6.45) is 0. The molecular formula is C22H22N4O5S2. The molecule has 0 aliphatic carbocycles. The molecule has 5 rings (SSSR count). The van der Waals surface area contributed by atoms with Gasteiger partial charge < -0.3 is 19.3 Å². The second-order valence-electron chi connectivity index (χ2n) is 7.64. The number of nitro benzene ring substituents is 1. The predicted octanol–water partition coefficient (Wildman–Crippen LogP) is 3.68. The minimum Gasteiger partial charge on any atom is -0.378 e. The molecule has 2 aromatic heterocycles. The Hall–Kier alpha value is -2.86. The normalized spacial score (nSPS) is 16.7. The summed E-state index contributed by atoms with van der Waals surface area (Å²) in [5.74, 6) is -0.257. The molecule has 33 heavy (non-hydrogen) atoms. The Morgan fingerprint density at radius 1 is 1.03 bits per heavy atom. The van der Waals surface area contributed by atoms with Gasteiger partial charge in [0.15, 0.2) is 5.13 Å². The molecule has 2 saturated heterocycles. The lowest BCUT2D eigenvalue weighted by Gasteiger charge is -2.28. The first kappa shape index (κ1) is 22.0. The summed E-state index contributed by atoms with van der Waals surface area (Å²) in [6, 6.07) is 8.59. The molecule has 0 atom stereocenters. The first-order valence-corrected chi connectivity index (χ1v) is 12.3. The van der Waals surface area contributed by atoms with Crippen molar-refractivity contribution in [2.45, 2.75) is 0 Å². The highest BCUT2D eigenvalue weighted by Gasteiger charge is 2.28. The van der Waals surface area contributed by atoms with E-state index in [1.807, 2.05) is 22.4 Å². The molecule has 11 heteroatoms. The van der Waals surface area contributed by atoms with Gasteiger partial charge >= 0.3 is 0 Å². The van der Waals surface area contributed by atoms with E-state index in [9.17, 15) is 14.9 Å². The summed E-state index contributed by atoms with van der Waals surface area (Å²) in [5, 5.41) is 14.6. The van der Waals surface area contributed by atoms with E-state index < -0.39 is 4.92 Å². The van der Waals surface area contributed by atoms with E-state index in [1.165, 1.54) is 28.7 Å². The minimum absolute atomic E-state index is 0.0710. The molecule has 1 aromatic carbocycles. The van der Waals surface area contributed by atoms with Crippen molar-refractivity contribution in [3.63, 3.8) is 0 Å². The van der Waals surface area contributed by atoms with E-state index >= 15 is 0 Å². The predicted molar refractivity (Wildman–Crippen MR) is 128 cm³/mol. The van der Waals surface area contributed by atoms with Gasteiger partial charge in [0.25, 0.3) is 5.69 Å². The van der Waals surface area contributed by atoms with Gasteiger partial charge in [-0.05, 0) is 23.6 Å². The highest BCUT2D eigenvalue weighted by atomic mass is 32.1. The second-order valence-corrected chi connectivity index (χ2v) is 9.57. The number of ketones is 1. The topological polar surface area (TPSA) is 98.0 Å². The standard InChI is InChI=1S/C22H22N4O5S2/c27-20(15-3-4-16(17(14-15)26(28)29)24-5-9-30-10-6-24)21-19(18-2-1-13-32-18)23-22(33-21)25-7-11-31-12-8-25/h1-4,13-14H,5-12H2. The van der Waals surface area contributed by atoms with Gasteiger partial charge in [-0.1, -0.05) is 17.4 Å². The number of carbonyl (C=O) groups excluding carboxylic acids is 1. The summed E-state index contributed by atoms with van der Waals surface area (Å²) >= 11 is 2.85. The lowest BCUT2D eigenvalue weighted by Crippen LogP contribution is -2.36. The van der Waals surface area contributed by atoms with Crippen molar-refractivity contribution in [3.05, 3.63) is 56.3 Å². The zero-order valence-electron chi connectivity index (χ0n) is 17.8. The number of rotatable bonds is 6. The molecule has 172 valence electrons. The van der Waals surface area contributed by atoms with Crippen LogP contribution in [0.2, 0.25) is 0 Å². The fourth-order valence-electron chi connectivity index (χ4n) is 3.95. The molecule has 0 spiro atoms. The van der Waals surface area contributed by atoms with Crippen LogP contribution in [0.3, 0.4) is 0 Å². The summed E-state index contributed by atoms with van der Waals surface area (Å²) in [4.78, 5) is 35.3. The molecule has 0 unspecified atom stereocenters. The summed E-state index contributed by atoms with van der Waals surface area (Å²) < 4.78 is 10.8. The number of anilines is 2. The van der Waals surface area contributed by atoms with Gasteiger partial charge in [-0.25, -0.2) is 4.98 Å². The number of hydrogen-bond donors (Lipinski definition) is 0. The van der Waals surface area contributed by atoms with E-state index in [-0.39, 0.29) is 17.0 Å². The number of morpholine rings is 2. The molecule has 0 bridgehead atoms. The van der Waals surface area contributed by atoms with Crippen molar-refractivity contribution in [1.82, 2.24) is 4.98 Å². The first-order chi connectivity index (χ1) is 16.1. The molecule has 4 heterocycles. The SMILES string of the molecule is O=C(c1ccc(N2CCOCC2)c([N+](=O)[O-])c1)c1sc(N2CCOCC2)nc1-c1cccs1. The van der Waals surface area contributed by atoms with Crippen molar-refractivity contribution in [2.24, 2.45) is 0 Å². The van der Waals surface area contributed by atoms with Crippen molar-refractivity contribution < 1.29 is 19.2 Å². The van der Waals surface area contributed by atoms with Gasteiger partial charge in [0.05, 0.1) is 36.2 Å². The van der Waals surface area contributed by atoms with Crippen molar-refractivity contribution in [1.29, 1.82) is 0 Å². The molecule has 3 aromatic rings. The Balaban J connectivity index is 1.52. The quantitative estimate of drug-likeness (QED) is 0.296. The van der Waals surface area contributed by atoms with E-state index in [0.29, 0.717) is 68.9 Å². The third-order valence-electron chi connectivity index (χ3n) is 5.64. The molecule has 0 N–H and O–H groups in total. The number of ether oxygens (including phenoxy) is 2. The number of hydrogen-bond acceptors (Lipinski definition) is 10. The van der Waals surface area contributed by atoms with Gasteiger partial charge in [-0.3, -0.25) is 14.9 Å².